The molecule has 7 nitrogen and oxygen atoms in total. The van der Waals surface area contributed by atoms with Crippen LogP contribution < -0.4 is 9.47 Å². The number of rotatable bonds is 3. The lowest BCUT2D eigenvalue weighted by Crippen LogP contribution is -2.22. The summed E-state index contributed by atoms with van der Waals surface area (Å²) in [5, 5.41) is 0. The van der Waals surface area contributed by atoms with Crippen molar-refractivity contribution in [2.75, 3.05) is 6.61 Å². The highest BCUT2D eigenvalue weighted by Crippen LogP contribution is 2.38. The quantitative estimate of drug-likeness (QED) is 0.594. The molecule has 0 saturated carbocycles. The van der Waals surface area contributed by atoms with Gasteiger partial charge in [0.25, 0.3) is 0 Å². The predicted octanol–water partition coefficient (Wildman–Crippen LogP) is 3.37. The Balaban J connectivity index is 1.59. The van der Waals surface area contributed by atoms with Gasteiger partial charge in [-0.15, -0.1) is 0 Å². The minimum Gasteiger partial charge on any atom is -0.485 e. The van der Waals surface area contributed by atoms with Crippen LogP contribution in [0.1, 0.15) is 11.8 Å². The number of aromatic amines is 2. The van der Waals surface area contributed by atoms with E-state index in [4.69, 9.17) is 14.5 Å². The molecule has 1 unspecified atom stereocenters. The summed E-state index contributed by atoms with van der Waals surface area (Å²) in [7, 11) is 0. The Bertz CT molecular complexity index is 1030. The van der Waals surface area contributed by atoms with Gasteiger partial charge < -0.3 is 19.4 Å². The first-order chi connectivity index (χ1) is 12.9. The molecule has 1 atom stereocenters. The van der Waals surface area contributed by atoms with Gasteiger partial charge in [0.1, 0.15) is 12.3 Å². The topological polar surface area (TPSA) is 88.7 Å². The fraction of sp³-hybridized carbons (Fsp3) is 0.105. The van der Waals surface area contributed by atoms with Crippen LogP contribution in [0.3, 0.4) is 0 Å². The normalized spacial score (nSPS) is 15.8. The number of benzene rings is 1. The van der Waals surface area contributed by atoms with E-state index in [9.17, 15) is 0 Å². The fourth-order valence-electron chi connectivity index (χ4n) is 2.99. The summed E-state index contributed by atoms with van der Waals surface area (Å²) in [4.78, 5) is 19.8. The number of nitrogens with one attached hydrogen (secondary N) is 2. The monoisotopic (exact) mass is 345 g/mol. The van der Waals surface area contributed by atoms with Gasteiger partial charge in [0.2, 0.25) is 0 Å². The minimum atomic E-state index is -0.321. The number of pyridine rings is 1. The lowest BCUT2D eigenvalue weighted by Gasteiger charge is -2.26. The number of hydrogen-bond donors (Lipinski definition) is 2. The van der Waals surface area contributed by atoms with Crippen LogP contribution >= 0.6 is 0 Å². The number of ether oxygens (including phenoxy) is 2. The van der Waals surface area contributed by atoms with Crippen LogP contribution in [0.2, 0.25) is 0 Å². The zero-order valence-electron chi connectivity index (χ0n) is 13.7. The van der Waals surface area contributed by atoms with E-state index < -0.39 is 0 Å². The predicted molar refractivity (Wildman–Crippen MR) is 94.7 cm³/mol. The molecule has 1 aromatic carbocycles. The number of hydrogen-bond acceptors (Lipinski definition) is 5. The van der Waals surface area contributed by atoms with Gasteiger partial charge in [-0.1, -0.05) is 18.2 Å². The first kappa shape index (κ1) is 14.7. The van der Waals surface area contributed by atoms with Crippen LogP contribution in [0.5, 0.6) is 11.5 Å². The highest BCUT2D eigenvalue weighted by Gasteiger charge is 2.28. The summed E-state index contributed by atoms with van der Waals surface area (Å²) in [5.74, 6) is 2.75. The van der Waals surface area contributed by atoms with Gasteiger partial charge in [0.05, 0.1) is 11.4 Å². The van der Waals surface area contributed by atoms with Crippen LogP contribution in [-0.2, 0) is 0 Å². The van der Waals surface area contributed by atoms with Crippen LogP contribution in [0.25, 0.3) is 23.0 Å². The third kappa shape index (κ3) is 2.50. The van der Waals surface area contributed by atoms with Crippen LogP contribution in [0.4, 0.5) is 0 Å². The van der Waals surface area contributed by atoms with Gasteiger partial charge in [0.15, 0.2) is 29.3 Å². The van der Waals surface area contributed by atoms with E-state index in [1.165, 1.54) is 0 Å². The third-order valence-electron chi connectivity index (χ3n) is 4.19. The Morgan fingerprint density at radius 2 is 1.81 bits per heavy atom. The van der Waals surface area contributed by atoms with Crippen molar-refractivity contribution in [2.45, 2.75) is 6.10 Å². The standard InChI is InChI=1S/C19H15N5O2/c1-2-7-14-13(6-1)25-11-15(26-14)17-16(12-5-3-4-8-20-12)23-19(24-17)18-21-9-10-22-18/h1-10,15H,11H2,(H,21,22)(H,23,24). The van der Waals surface area contributed by atoms with Gasteiger partial charge in [-0.2, -0.15) is 0 Å². The first-order valence-electron chi connectivity index (χ1n) is 8.28. The summed E-state index contributed by atoms with van der Waals surface area (Å²) in [6.07, 6.45) is 4.87. The Labute approximate surface area is 149 Å². The van der Waals surface area contributed by atoms with E-state index in [1.807, 2.05) is 42.5 Å². The van der Waals surface area contributed by atoms with Crippen molar-refractivity contribution >= 4 is 0 Å². The van der Waals surface area contributed by atoms with Gasteiger partial charge in [-0.05, 0) is 24.3 Å². The maximum Gasteiger partial charge on any atom is 0.175 e. The average molecular weight is 345 g/mol. The van der Waals surface area contributed by atoms with Crippen LogP contribution in [-0.4, -0.2) is 31.5 Å². The van der Waals surface area contributed by atoms with Crippen LogP contribution in [0.15, 0.2) is 61.1 Å². The summed E-state index contributed by atoms with van der Waals surface area (Å²) < 4.78 is 12.0. The highest BCUT2D eigenvalue weighted by atomic mass is 16.6. The summed E-state index contributed by atoms with van der Waals surface area (Å²) in [6, 6.07) is 13.4. The number of imidazole rings is 2. The lowest BCUT2D eigenvalue weighted by atomic mass is 10.1. The van der Waals surface area contributed by atoms with E-state index in [0.717, 1.165) is 22.8 Å². The van der Waals surface area contributed by atoms with E-state index in [1.54, 1.807) is 18.6 Å². The molecule has 0 bridgehead atoms. The lowest BCUT2D eigenvalue weighted by molar-refractivity contribution is 0.0890. The zero-order valence-corrected chi connectivity index (χ0v) is 13.7. The zero-order chi connectivity index (χ0) is 17.3. The Morgan fingerprint density at radius 3 is 2.62 bits per heavy atom. The number of H-pyrrole nitrogens is 2. The van der Waals surface area contributed by atoms with E-state index in [2.05, 4.69) is 19.9 Å². The molecule has 4 heterocycles. The van der Waals surface area contributed by atoms with Crippen molar-refractivity contribution in [1.29, 1.82) is 0 Å². The highest BCUT2D eigenvalue weighted by molar-refractivity contribution is 5.63. The van der Waals surface area contributed by atoms with E-state index >= 15 is 0 Å². The minimum absolute atomic E-state index is 0.321. The van der Waals surface area contributed by atoms with E-state index in [0.29, 0.717) is 24.0 Å². The maximum absolute atomic E-state index is 6.16. The second-order valence-corrected chi connectivity index (χ2v) is 5.86. The second kappa shape index (κ2) is 6.03. The Kier molecular flexibility index (Phi) is 3.41. The molecular weight excluding hydrogens is 330 g/mol. The molecule has 0 spiro atoms. The molecule has 0 radical (unpaired) electrons. The Morgan fingerprint density at radius 1 is 0.923 bits per heavy atom. The van der Waals surface area contributed by atoms with Crippen molar-refractivity contribution in [2.24, 2.45) is 0 Å². The van der Waals surface area contributed by atoms with Crippen molar-refractivity contribution in [1.82, 2.24) is 24.9 Å². The molecule has 2 N–H and O–H groups in total. The maximum atomic E-state index is 6.16. The number of para-hydroxylation sites is 2. The molecular formula is C19H15N5O2. The largest absolute Gasteiger partial charge is 0.485 e. The smallest absolute Gasteiger partial charge is 0.175 e. The SMILES string of the molecule is c1ccc(-c2nc(-c3ncc[nH]3)[nH]c2C2COc3ccccc3O2)nc1. The van der Waals surface area contributed by atoms with Crippen molar-refractivity contribution in [3.05, 3.63) is 66.7 Å². The number of nitrogens with zero attached hydrogens (tertiary/aromatic N) is 3. The van der Waals surface area contributed by atoms with Gasteiger partial charge in [-0.25, -0.2) is 9.97 Å². The molecule has 5 rings (SSSR count). The van der Waals surface area contributed by atoms with Gasteiger partial charge >= 0.3 is 0 Å². The molecule has 26 heavy (non-hydrogen) atoms. The molecule has 0 fully saturated rings. The Hall–Kier alpha value is -3.61. The summed E-state index contributed by atoms with van der Waals surface area (Å²) in [6.45, 7) is 0.386. The second-order valence-electron chi connectivity index (χ2n) is 5.86. The first-order valence-corrected chi connectivity index (χ1v) is 8.28. The molecule has 128 valence electrons. The molecule has 1 aliphatic heterocycles. The fourth-order valence-corrected chi connectivity index (χ4v) is 2.99. The molecule has 0 saturated heterocycles. The van der Waals surface area contributed by atoms with Crippen molar-refractivity contribution in [3.8, 4) is 34.5 Å². The average Bonchev–Trinajstić information content (AvgIpc) is 3.38. The van der Waals surface area contributed by atoms with Crippen molar-refractivity contribution < 1.29 is 9.47 Å². The van der Waals surface area contributed by atoms with Gasteiger partial charge in [-0.3, -0.25) is 4.98 Å². The third-order valence-corrected chi connectivity index (χ3v) is 4.19. The molecule has 4 aromatic rings. The summed E-state index contributed by atoms with van der Waals surface area (Å²) >= 11 is 0. The number of fused-ring (bicyclic) bond motifs is 1. The van der Waals surface area contributed by atoms with Crippen LogP contribution in [0, 0.1) is 0 Å². The molecule has 7 heteroatoms. The number of aromatic nitrogens is 5. The molecule has 0 amide bonds. The van der Waals surface area contributed by atoms with Gasteiger partial charge in [0, 0.05) is 18.6 Å². The molecule has 3 aromatic heterocycles. The molecule has 0 aliphatic carbocycles. The summed E-state index contributed by atoms with van der Waals surface area (Å²) in [5.41, 5.74) is 2.30. The van der Waals surface area contributed by atoms with Crippen molar-refractivity contribution in [3.63, 3.8) is 0 Å². The van der Waals surface area contributed by atoms with E-state index in [-0.39, 0.29) is 6.10 Å². The molecule has 1 aliphatic rings.